The molecule has 3 aromatic rings. The van der Waals surface area contributed by atoms with Gasteiger partial charge in [0.15, 0.2) is 0 Å². The zero-order chi connectivity index (χ0) is 16.0. The van der Waals surface area contributed by atoms with E-state index < -0.39 is 0 Å². The Morgan fingerprint density at radius 1 is 0.583 bits per heavy atom. The lowest BCUT2D eigenvalue weighted by atomic mass is 10.1. The lowest BCUT2D eigenvalue weighted by Gasteiger charge is -2.37. The molecule has 0 saturated carbocycles. The number of quaternary nitrogens is 1. The van der Waals surface area contributed by atoms with Crippen molar-refractivity contribution in [1.82, 2.24) is 4.48 Å². The van der Waals surface area contributed by atoms with Gasteiger partial charge in [0.05, 0.1) is 6.54 Å². The van der Waals surface area contributed by atoms with Crippen LogP contribution in [0.25, 0.3) is 0 Å². The van der Waals surface area contributed by atoms with Crippen molar-refractivity contribution in [1.29, 1.82) is 0 Å². The van der Waals surface area contributed by atoms with Crippen LogP contribution in [0.15, 0.2) is 91.0 Å². The van der Waals surface area contributed by atoms with Crippen LogP contribution in [0.3, 0.4) is 0 Å². The van der Waals surface area contributed by atoms with Gasteiger partial charge in [-0.25, -0.2) is 4.48 Å². The van der Waals surface area contributed by atoms with E-state index in [0.717, 1.165) is 22.8 Å². The summed E-state index contributed by atoms with van der Waals surface area (Å²) in [5.74, 6) is 0. The van der Waals surface area contributed by atoms with Crippen molar-refractivity contribution in [2.75, 3.05) is 11.9 Å². The van der Waals surface area contributed by atoms with E-state index in [2.05, 4.69) is 107 Å². The van der Waals surface area contributed by atoms with Gasteiger partial charge in [0, 0.05) is 11.8 Å². The van der Waals surface area contributed by atoms with E-state index in [9.17, 15) is 0 Å². The second kappa shape index (κ2) is 9.16. The van der Waals surface area contributed by atoms with Gasteiger partial charge in [-0.05, 0) is 36.4 Å². The fraction of sp³-hybridized carbons (Fsp3) is 0.143. The SMILES string of the molecule is BrCCC[N+](c1ccccc1)(c1ccccc1)c1ccccc1.[Br-]. The molecule has 0 spiro atoms. The van der Waals surface area contributed by atoms with Crippen LogP contribution >= 0.6 is 15.9 Å². The highest BCUT2D eigenvalue weighted by atomic mass is 79.9. The number of hydrogen-bond acceptors (Lipinski definition) is 0. The summed E-state index contributed by atoms with van der Waals surface area (Å²) in [7, 11) is 0. The molecular weight excluding hydrogens is 426 g/mol. The maximum absolute atomic E-state index is 3.61. The maximum Gasteiger partial charge on any atom is 0.143 e. The van der Waals surface area contributed by atoms with Gasteiger partial charge in [-0.2, -0.15) is 0 Å². The average molecular weight is 447 g/mol. The molecule has 0 aliphatic heterocycles. The Kier molecular flexibility index (Phi) is 7.22. The van der Waals surface area contributed by atoms with Crippen LogP contribution in [-0.4, -0.2) is 11.9 Å². The minimum Gasteiger partial charge on any atom is -1.00 e. The zero-order valence-electron chi connectivity index (χ0n) is 13.5. The quantitative estimate of drug-likeness (QED) is 0.402. The van der Waals surface area contributed by atoms with Gasteiger partial charge in [0.25, 0.3) is 0 Å². The molecule has 0 saturated heterocycles. The normalized spacial score (nSPS) is 10.9. The molecule has 3 heteroatoms. The number of nitrogens with zero attached hydrogens (tertiary/aromatic N) is 1. The van der Waals surface area contributed by atoms with Crippen LogP contribution in [0, 0.1) is 0 Å². The van der Waals surface area contributed by atoms with E-state index in [1.807, 2.05) is 0 Å². The van der Waals surface area contributed by atoms with E-state index in [-0.39, 0.29) is 17.0 Å². The van der Waals surface area contributed by atoms with Crippen molar-refractivity contribution < 1.29 is 17.0 Å². The first-order valence-electron chi connectivity index (χ1n) is 7.99. The molecule has 0 heterocycles. The first-order valence-corrected chi connectivity index (χ1v) is 9.11. The van der Waals surface area contributed by atoms with Crippen molar-refractivity contribution in [3.05, 3.63) is 91.0 Å². The van der Waals surface area contributed by atoms with Crippen LogP contribution < -0.4 is 21.5 Å². The lowest BCUT2D eigenvalue weighted by molar-refractivity contribution is -0.00000440. The van der Waals surface area contributed by atoms with Gasteiger partial charge in [0.1, 0.15) is 17.1 Å². The molecule has 0 amide bonds. The number of rotatable bonds is 6. The first-order chi connectivity index (χ1) is 11.4. The largest absolute Gasteiger partial charge is 1.00 e. The summed E-state index contributed by atoms with van der Waals surface area (Å²) in [5.41, 5.74) is 3.89. The highest BCUT2D eigenvalue weighted by Gasteiger charge is 2.35. The number of hydrogen-bond donors (Lipinski definition) is 0. The second-order valence-electron chi connectivity index (χ2n) is 5.58. The van der Waals surface area contributed by atoms with Gasteiger partial charge in [-0.1, -0.05) is 70.5 Å². The summed E-state index contributed by atoms with van der Waals surface area (Å²) >= 11 is 3.61. The van der Waals surface area contributed by atoms with Crippen molar-refractivity contribution in [2.24, 2.45) is 0 Å². The van der Waals surface area contributed by atoms with Crippen LogP contribution in [-0.2, 0) is 0 Å². The summed E-state index contributed by atoms with van der Waals surface area (Å²) in [5, 5.41) is 1.000. The molecule has 0 fully saturated rings. The maximum atomic E-state index is 3.61. The molecule has 0 bridgehead atoms. The lowest BCUT2D eigenvalue weighted by Crippen LogP contribution is -3.00. The third kappa shape index (κ3) is 3.80. The van der Waals surface area contributed by atoms with E-state index in [4.69, 9.17) is 0 Å². The minimum atomic E-state index is 0. The van der Waals surface area contributed by atoms with Gasteiger partial charge in [-0.15, -0.1) is 0 Å². The van der Waals surface area contributed by atoms with Gasteiger partial charge >= 0.3 is 0 Å². The van der Waals surface area contributed by atoms with Crippen LogP contribution in [0.5, 0.6) is 0 Å². The number of para-hydroxylation sites is 3. The Balaban J connectivity index is 0.00000208. The predicted molar refractivity (Wildman–Crippen MR) is 104 cm³/mol. The molecule has 124 valence electrons. The summed E-state index contributed by atoms with van der Waals surface area (Å²) in [6.07, 6.45) is 1.10. The first kappa shape index (κ1) is 18.9. The topological polar surface area (TPSA) is 0 Å². The molecule has 0 aromatic heterocycles. The molecule has 0 atom stereocenters. The Morgan fingerprint density at radius 3 is 1.21 bits per heavy atom. The molecule has 0 radical (unpaired) electrons. The standard InChI is InChI=1S/C21H21BrN.BrH/c22-17-10-18-23(19-11-4-1-5-12-19,20-13-6-2-7-14-20)21-15-8-3-9-16-21;/h1-9,11-16H,10,17-18H2;1H/q+1;/p-1. The molecule has 1 nitrogen and oxygen atoms in total. The third-order valence-electron chi connectivity index (χ3n) is 4.22. The zero-order valence-corrected chi connectivity index (χ0v) is 16.7. The predicted octanol–water partition coefficient (Wildman–Crippen LogP) is 3.45. The van der Waals surface area contributed by atoms with Crippen LogP contribution in [0.1, 0.15) is 6.42 Å². The van der Waals surface area contributed by atoms with E-state index >= 15 is 0 Å². The van der Waals surface area contributed by atoms with Crippen molar-refractivity contribution in [3.63, 3.8) is 0 Å². The molecule has 24 heavy (non-hydrogen) atoms. The molecule has 3 rings (SSSR count). The van der Waals surface area contributed by atoms with Crippen molar-refractivity contribution in [3.8, 4) is 0 Å². The molecular formula is C21H21Br2N. The Bertz CT molecular complexity index is 618. The summed E-state index contributed by atoms with van der Waals surface area (Å²) in [6.45, 7) is 1.02. The van der Waals surface area contributed by atoms with E-state index in [0.29, 0.717) is 0 Å². The van der Waals surface area contributed by atoms with Gasteiger partial charge < -0.3 is 17.0 Å². The van der Waals surface area contributed by atoms with Gasteiger partial charge in [-0.3, -0.25) is 0 Å². The number of alkyl halides is 1. The van der Waals surface area contributed by atoms with Crippen molar-refractivity contribution >= 4 is 33.0 Å². The molecule has 3 aromatic carbocycles. The summed E-state index contributed by atoms with van der Waals surface area (Å²) < 4.78 is 0.744. The number of benzene rings is 3. The van der Waals surface area contributed by atoms with Crippen molar-refractivity contribution in [2.45, 2.75) is 6.42 Å². The van der Waals surface area contributed by atoms with Crippen LogP contribution in [0.4, 0.5) is 17.1 Å². The molecule has 0 unspecified atom stereocenters. The summed E-state index contributed by atoms with van der Waals surface area (Å²) in [4.78, 5) is 0. The Hall–Kier alpha value is -1.42. The average Bonchev–Trinajstić information content (AvgIpc) is 2.65. The highest BCUT2D eigenvalue weighted by molar-refractivity contribution is 9.09. The molecule has 0 aliphatic carbocycles. The van der Waals surface area contributed by atoms with E-state index in [1.165, 1.54) is 17.1 Å². The van der Waals surface area contributed by atoms with Crippen LogP contribution in [0.2, 0.25) is 0 Å². The Morgan fingerprint density at radius 2 is 0.917 bits per heavy atom. The minimum absolute atomic E-state index is 0. The summed E-state index contributed by atoms with van der Waals surface area (Å²) in [6, 6.07) is 32.4. The third-order valence-corrected chi connectivity index (χ3v) is 4.78. The molecule has 0 aliphatic rings. The fourth-order valence-corrected chi connectivity index (χ4v) is 3.43. The molecule has 0 N–H and O–H groups in total. The fourth-order valence-electron chi connectivity index (χ4n) is 3.18. The van der Waals surface area contributed by atoms with E-state index in [1.54, 1.807) is 0 Å². The smallest absolute Gasteiger partial charge is 0.143 e. The monoisotopic (exact) mass is 445 g/mol. The van der Waals surface area contributed by atoms with Gasteiger partial charge in [0.2, 0.25) is 0 Å². The highest BCUT2D eigenvalue weighted by Crippen LogP contribution is 2.43. The number of halogens is 2. The second-order valence-corrected chi connectivity index (χ2v) is 6.38. The Labute approximate surface area is 163 Å².